The number of methoxy groups -OCH3 is 2. The van der Waals surface area contributed by atoms with Crippen molar-refractivity contribution in [2.24, 2.45) is 0 Å². The van der Waals surface area contributed by atoms with Gasteiger partial charge in [0.2, 0.25) is 6.29 Å². The highest BCUT2D eigenvalue weighted by Crippen LogP contribution is 2.14. The molecule has 0 saturated carbocycles. The Morgan fingerprint density at radius 1 is 1.46 bits per heavy atom. The van der Waals surface area contributed by atoms with Crippen LogP contribution in [0.2, 0.25) is 0 Å². The molecule has 72 valence electrons. The molecule has 0 fully saturated rings. The summed E-state index contributed by atoms with van der Waals surface area (Å²) < 4.78 is 10.1. The van der Waals surface area contributed by atoms with E-state index in [1.165, 1.54) is 0 Å². The van der Waals surface area contributed by atoms with Crippen molar-refractivity contribution in [2.45, 2.75) is 12.0 Å². The normalized spacial score (nSPS) is 10.8. The lowest BCUT2D eigenvalue weighted by atomic mass is 10.4. The van der Waals surface area contributed by atoms with Gasteiger partial charge in [-0.3, -0.25) is 0 Å². The van der Waals surface area contributed by atoms with E-state index in [-0.39, 0.29) is 0 Å². The molecule has 0 amide bonds. The van der Waals surface area contributed by atoms with Gasteiger partial charge in [0, 0.05) is 20.4 Å². The Morgan fingerprint density at radius 3 is 2.69 bits per heavy atom. The molecule has 0 bridgehead atoms. The van der Waals surface area contributed by atoms with Crippen LogP contribution in [-0.2, 0) is 15.2 Å². The second kappa shape index (κ2) is 5.16. The van der Waals surface area contributed by atoms with E-state index in [1.54, 1.807) is 26.5 Å². The molecule has 0 aliphatic carbocycles. The minimum Gasteiger partial charge on any atom is -0.350 e. The van der Waals surface area contributed by atoms with Gasteiger partial charge in [-0.25, -0.2) is 9.97 Å². The van der Waals surface area contributed by atoms with Crippen LogP contribution in [0.4, 0.5) is 0 Å². The van der Waals surface area contributed by atoms with Crippen molar-refractivity contribution in [1.29, 1.82) is 0 Å². The van der Waals surface area contributed by atoms with Crippen LogP contribution >= 0.6 is 12.6 Å². The van der Waals surface area contributed by atoms with Crippen LogP contribution in [0.15, 0.2) is 12.3 Å². The van der Waals surface area contributed by atoms with Gasteiger partial charge in [0.15, 0.2) is 0 Å². The van der Waals surface area contributed by atoms with Crippen molar-refractivity contribution in [1.82, 2.24) is 9.97 Å². The number of ether oxygens (including phenoxy) is 2. The van der Waals surface area contributed by atoms with E-state index >= 15 is 0 Å². The number of aromatic nitrogens is 2. The summed E-state index contributed by atoms with van der Waals surface area (Å²) in [5, 5.41) is 0. The summed E-state index contributed by atoms with van der Waals surface area (Å²) >= 11 is 4.08. The van der Waals surface area contributed by atoms with E-state index in [1.807, 2.05) is 0 Å². The van der Waals surface area contributed by atoms with E-state index in [0.29, 0.717) is 17.3 Å². The molecule has 0 aromatic carbocycles. The van der Waals surface area contributed by atoms with Crippen LogP contribution < -0.4 is 0 Å². The smallest absolute Gasteiger partial charge is 0.200 e. The summed E-state index contributed by atoms with van der Waals surface area (Å²) in [6.07, 6.45) is 1.24. The van der Waals surface area contributed by atoms with Gasteiger partial charge >= 0.3 is 0 Å². The molecule has 1 aromatic heterocycles. The van der Waals surface area contributed by atoms with Crippen LogP contribution in [0.25, 0.3) is 0 Å². The van der Waals surface area contributed by atoms with Gasteiger partial charge in [-0.1, -0.05) is 0 Å². The number of thiol groups is 1. The van der Waals surface area contributed by atoms with Crippen molar-refractivity contribution >= 4 is 12.6 Å². The maximum absolute atomic E-state index is 5.05. The molecule has 13 heavy (non-hydrogen) atoms. The number of nitrogens with zero attached hydrogens (tertiary/aromatic N) is 2. The third-order valence-corrected chi connectivity index (χ3v) is 1.82. The lowest BCUT2D eigenvalue weighted by molar-refractivity contribution is -0.108. The van der Waals surface area contributed by atoms with Gasteiger partial charge in [0.1, 0.15) is 5.82 Å². The molecule has 4 nitrogen and oxygen atoms in total. The summed E-state index contributed by atoms with van der Waals surface area (Å²) in [5.41, 5.74) is 0.712. The average Bonchev–Trinajstić information content (AvgIpc) is 2.20. The molecule has 0 aliphatic heterocycles. The fourth-order valence-corrected chi connectivity index (χ4v) is 1.11. The molecule has 0 atom stereocenters. The quantitative estimate of drug-likeness (QED) is 0.586. The summed E-state index contributed by atoms with van der Waals surface area (Å²) in [5.74, 6) is 1.17. The molecular formula is C8H12N2O2S. The number of rotatable bonds is 4. The number of hydrogen-bond donors (Lipinski definition) is 1. The Kier molecular flexibility index (Phi) is 4.14. The zero-order valence-corrected chi connectivity index (χ0v) is 8.49. The first kappa shape index (κ1) is 10.4. The van der Waals surface area contributed by atoms with Gasteiger partial charge in [-0.05, 0) is 6.07 Å². The predicted octanol–water partition coefficient (Wildman–Crippen LogP) is 1.20. The second-order valence-corrected chi connectivity index (χ2v) is 2.68. The monoisotopic (exact) mass is 200 g/mol. The highest BCUT2D eigenvalue weighted by Gasteiger charge is 2.10. The maximum Gasteiger partial charge on any atom is 0.200 e. The van der Waals surface area contributed by atoms with Crippen LogP contribution in [0.5, 0.6) is 0 Å². The zero-order valence-electron chi connectivity index (χ0n) is 7.60. The van der Waals surface area contributed by atoms with Crippen LogP contribution in [0.3, 0.4) is 0 Å². The van der Waals surface area contributed by atoms with Crippen LogP contribution in [0.1, 0.15) is 17.8 Å². The van der Waals surface area contributed by atoms with Gasteiger partial charge in [-0.2, -0.15) is 12.6 Å². The summed E-state index contributed by atoms with van der Waals surface area (Å²) in [7, 11) is 3.13. The third kappa shape index (κ3) is 2.65. The van der Waals surface area contributed by atoms with E-state index < -0.39 is 6.29 Å². The summed E-state index contributed by atoms with van der Waals surface area (Å²) in [4.78, 5) is 8.21. The van der Waals surface area contributed by atoms with Crippen LogP contribution in [-0.4, -0.2) is 24.2 Å². The minimum atomic E-state index is -0.429. The van der Waals surface area contributed by atoms with E-state index in [2.05, 4.69) is 22.6 Å². The molecule has 1 aromatic rings. The van der Waals surface area contributed by atoms with E-state index in [4.69, 9.17) is 9.47 Å². The Morgan fingerprint density at radius 2 is 2.15 bits per heavy atom. The first-order chi connectivity index (χ1) is 6.31. The maximum atomic E-state index is 5.05. The summed E-state index contributed by atoms with van der Waals surface area (Å²) in [6.45, 7) is 0. The largest absolute Gasteiger partial charge is 0.350 e. The highest BCUT2D eigenvalue weighted by atomic mass is 32.1. The van der Waals surface area contributed by atoms with Crippen molar-refractivity contribution < 1.29 is 9.47 Å². The molecule has 0 unspecified atom stereocenters. The fourth-order valence-electron chi connectivity index (χ4n) is 0.960. The molecule has 1 heterocycles. The van der Waals surface area contributed by atoms with Crippen LogP contribution in [0, 0.1) is 0 Å². The minimum absolute atomic E-state index is 0.429. The van der Waals surface area contributed by atoms with Gasteiger partial charge in [-0.15, -0.1) is 0 Å². The predicted molar refractivity (Wildman–Crippen MR) is 51.5 cm³/mol. The average molecular weight is 200 g/mol. The van der Waals surface area contributed by atoms with Gasteiger partial charge in [0.05, 0.1) is 11.4 Å². The molecule has 0 aliphatic rings. The van der Waals surface area contributed by atoms with Crippen molar-refractivity contribution in [3.05, 3.63) is 23.8 Å². The SMILES string of the molecule is COC(OC)c1ccnc(CS)n1. The van der Waals surface area contributed by atoms with Gasteiger partial charge < -0.3 is 9.47 Å². The molecular weight excluding hydrogens is 188 g/mol. The van der Waals surface area contributed by atoms with E-state index in [9.17, 15) is 0 Å². The molecule has 1 rings (SSSR count). The lowest BCUT2D eigenvalue weighted by Crippen LogP contribution is -2.07. The Labute approximate surface area is 82.7 Å². The first-order valence-corrected chi connectivity index (χ1v) is 4.43. The lowest BCUT2D eigenvalue weighted by Gasteiger charge is -2.12. The van der Waals surface area contributed by atoms with Gasteiger partial charge in [0.25, 0.3) is 0 Å². The fraction of sp³-hybridized carbons (Fsp3) is 0.500. The first-order valence-electron chi connectivity index (χ1n) is 3.80. The third-order valence-electron chi connectivity index (χ3n) is 1.54. The second-order valence-electron chi connectivity index (χ2n) is 2.36. The summed E-state index contributed by atoms with van der Waals surface area (Å²) in [6, 6.07) is 1.75. The molecule has 0 N–H and O–H groups in total. The molecule has 0 saturated heterocycles. The Balaban J connectivity index is 2.86. The highest BCUT2D eigenvalue weighted by molar-refractivity contribution is 7.79. The standard InChI is InChI=1S/C8H12N2O2S/c1-11-8(12-2)6-3-4-9-7(5-13)10-6/h3-4,8,13H,5H2,1-2H3. The van der Waals surface area contributed by atoms with E-state index in [0.717, 1.165) is 0 Å². The zero-order chi connectivity index (χ0) is 9.68. The molecule has 0 spiro atoms. The van der Waals surface area contributed by atoms with Crippen molar-refractivity contribution in [3.63, 3.8) is 0 Å². The van der Waals surface area contributed by atoms with Crippen molar-refractivity contribution in [2.75, 3.05) is 14.2 Å². The number of hydrogen-bond acceptors (Lipinski definition) is 5. The Hall–Kier alpha value is -0.650. The van der Waals surface area contributed by atoms with Crippen molar-refractivity contribution in [3.8, 4) is 0 Å². The topological polar surface area (TPSA) is 44.2 Å². The Bertz CT molecular complexity index is 266. The molecule has 5 heteroatoms. The molecule has 0 radical (unpaired) electrons.